The van der Waals surface area contributed by atoms with E-state index >= 15 is 0 Å². The van der Waals surface area contributed by atoms with E-state index in [1.54, 1.807) is 0 Å². The summed E-state index contributed by atoms with van der Waals surface area (Å²) < 4.78 is 0. The van der Waals surface area contributed by atoms with Crippen LogP contribution in [-0.4, -0.2) is 17.0 Å². The first-order valence-electron chi connectivity index (χ1n) is 6.29. The van der Waals surface area contributed by atoms with E-state index in [1.165, 1.54) is 5.56 Å². The van der Waals surface area contributed by atoms with Crippen molar-refractivity contribution in [3.8, 4) is 0 Å². The maximum absolute atomic E-state index is 5.89. The van der Waals surface area contributed by atoms with Gasteiger partial charge in [-0.15, -0.1) is 0 Å². The lowest BCUT2D eigenvalue weighted by molar-refractivity contribution is 0.621. The van der Waals surface area contributed by atoms with Crippen LogP contribution in [0.4, 0.5) is 0 Å². The van der Waals surface area contributed by atoms with E-state index in [4.69, 9.17) is 11.6 Å². The topological polar surface area (TPSA) is 24.4 Å². The van der Waals surface area contributed by atoms with Crippen molar-refractivity contribution < 1.29 is 0 Å². The molecule has 1 aliphatic rings. The quantitative estimate of drug-likeness (QED) is 0.902. The molecule has 0 aliphatic carbocycles. The molecule has 1 aromatic rings. The molecule has 0 saturated carbocycles. The molecule has 4 heteroatoms. The molecular weight excluding hydrogens is 264 g/mol. The number of benzene rings is 1. The van der Waals surface area contributed by atoms with E-state index in [9.17, 15) is 0 Å². The molecule has 1 aromatic carbocycles. The third-order valence-electron chi connectivity index (χ3n) is 3.13. The number of nitrogens with one attached hydrogen (secondary N) is 1. The van der Waals surface area contributed by atoms with E-state index in [0.29, 0.717) is 11.2 Å². The summed E-state index contributed by atoms with van der Waals surface area (Å²) in [5, 5.41) is 5.93. The molecular formula is C14H19ClN2S. The zero-order valence-electron chi connectivity index (χ0n) is 11.0. The number of hydrogen-bond acceptors (Lipinski definition) is 3. The number of aliphatic imine (C=N–C) groups is 1. The molecule has 98 valence electrons. The number of amidine groups is 1. The summed E-state index contributed by atoms with van der Waals surface area (Å²) in [6.07, 6.45) is 0. The summed E-state index contributed by atoms with van der Waals surface area (Å²) >= 11 is 7.75. The fourth-order valence-electron chi connectivity index (χ4n) is 1.84. The van der Waals surface area contributed by atoms with Gasteiger partial charge in [0.25, 0.3) is 0 Å². The molecule has 2 rings (SSSR count). The van der Waals surface area contributed by atoms with Gasteiger partial charge >= 0.3 is 0 Å². The van der Waals surface area contributed by atoms with Crippen LogP contribution in [0.15, 0.2) is 29.3 Å². The van der Waals surface area contributed by atoms with Crippen molar-refractivity contribution in [3.63, 3.8) is 0 Å². The maximum Gasteiger partial charge on any atom is 0.157 e. The van der Waals surface area contributed by atoms with Crippen LogP contribution in [0, 0.1) is 5.92 Å². The van der Waals surface area contributed by atoms with Crippen LogP contribution >= 0.6 is 23.4 Å². The van der Waals surface area contributed by atoms with Crippen LogP contribution in [0.25, 0.3) is 0 Å². The lowest BCUT2D eigenvalue weighted by atomic mass is 10.1. The highest BCUT2D eigenvalue weighted by molar-refractivity contribution is 8.14. The fourth-order valence-corrected chi connectivity index (χ4v) is 3.07. The monoisotopic (exact) mass is 282 g/mol. The van der Waals surface area contributed by atoms with Gasteiger partial charge in [-0.1, -0.05) is 49.3 Å². The van der Waals surface area contributed by atoms with Crippen LogP contribution in [-0.2, 0) is 0 Å². The molecule has 0 amide bonds. The minimum absolute atomic E-state index is 0.263. The normalized spacial score (nSPS) is 20.9. The minimum Gasteiger partial charge on any atom is -0.358 e. The summed E-state index contributed by atoms with van der Waals surface area (Å²) in [5.41, 5.74) is 1.23. The van der Waals surface area contributed by atoms with Crippen molar-refractivity contribution in [2.75, 3.05) is 6.54 Å². The summed E-state index contributed by atoms with van der Waals surface area (Å²) in [7, 11) is 0. The Balaban J connectivity index is 1.92. The largest absolute Gasteiger partial charge is 0.358 e. The Morgan fingerprint density at radius 2 is 1.94 bits per heavy atom. The predicted octanol–water partition coefficient (Wildman–Crippen LogP) is 4.12. The minimum atomic E-state index is 0.263. The Morgan fingerprint density at radius 3 is 2.50 bits per heavy atom. The molecule has 0 radical (unpaired) electrons. The molecule has 2 unspecified atom stereocenters. The Hall–Kier alpha value is -0.670. The second-order valence-electron chi connectivity index (χ2n) is 4.96. The average Bonchev–Trinajstić information content (AvgIpc) is 2.78. The SMILES string of the molecule is CC(NC1=NCC(C(C)C)S1)c1ccc(Cl)cc1. The number of nitrogens with zero attached hydrogens (tertiary/aromatic N) is 1. The van der Waals surface area contributed by atoms with Crippen molar-refractivity contribution in [2.24, 2.45) is 10.9 Å². The molecule has 18 heavy (non-hydrogen) atoms. The summed E-state index contributed by atoms with van der Waals surface area (Å²) in [6, 6.07) is 8.23. The molecule has 0 saturated heterocycles. The van der Waals surface area contributed by atoms with Gasteiger partial charge in [0.05, 0.1) is 12.6 Å². The van der Waals surface area contributed by atoms with Gasteiger partial charge in [0.1, 0.15) is 0 Å². The maximum atomic E-state index is 5.89. The first-order valence-corrected chi connectivity index (χ1v) is 7.55. The molecule has 1 N–H and O–H groups in total. The highest BCUT2D eigenvalue weighted by atomic mass is 35.5. The fraction of sp³-hybridized carbons (Fsp3) is 0.500. The second kappa shape index (κ2) is 5.98. The first kappa shape index (κ1) is 13.8. The van der Waals surface area contributed by atoms with Crippen LogP contribution in [0.1, 0.15) is 32.4 Å². The van der Waals surface area contributed by atoms with Crippen molar-refractivity contribution in [1.29, 1.82) is 0 Å². The molecule has 1 heterocycles. The second-order valence-corrected chi connectivity index (χ2v) is 6.63. The molecule has 1 aliphatic heterocycles. The smallest absolute Gasteiger partial charge is 0.157 e. The van der Waals surface area contributed by atoms with Gasteiger partial charge in [0, 0.05) is 10.3 Å². The van der Waals surface area contributed by atoms with Crippen molar-refractivity contribution >= 4 is 28.5 Å². The number of halogens is 1. The Labute approximate surface area is 118 Å². The van der Waals surface area contributed by atoms with Crippen molar-refractivity contribution in [3.05, 3.63) is 34.9 Å². The van der Waals surface area contributed by atoms with E-state index in [2.05, 4.69) is 43.2 Å². The van der Waals surface area contributed by atoms with Gasteiger partial charge in [-0.25, -0.2) is 0 Å². The molecule has 2 nitrogen and oxygen atoms in total. The lowest BCUT2D eigenvalue weighted by Crippen LogP contribution is -2.23. The van der Waals surface area contributed by atoms with Gasteiger partial charge in [-0.05, 0) is 30.5 Å². The molecule has 0 spiro atoms. The van der Waals surface area contributed by atoms with Crippen molar-refractivity contribution in [2.45, 2.75) is 32.1 Å². The van der Waals surface area contributed by atoms with E-state index in [-0.39, 0.29) is 6.04 Å². The Bertz CT molecular complexity index is 428. The third-order valence-corrected chi connectivity index (χ3v) is 4.85. The predicted molar refractivity (Wildman–Crippen MR) is 81.5 cm³/mol. The molecule has 2 atom stereocenters. The molecule has 0 bridgehead atoms. The number of rotatable bonds is 3. The zero-order valence-corrected chi connectivity index (χ0v) is 12.6. The summed E-state index contributed by atoms with van der Waals surface area (Å²) in [5.74, 6) is 0.670. The molecule has 0 aromatic heterocycles. The number of hydrogen-bond donors (Lipinski definition) is 1. The van der Waals surface area contributed by atoms with Gasteiger partial charge in [-0.2, -0.15) is 0 Å². The Kier molecular flexibility index (Phi) is 4.57. The van der Waals surface area contributed by atoms with Crippen LogP contribution in [0.5, 0.6) is 0 Å². The molecule has 0 fully saturated rings. The van der Waals surface area contributed by atoms with Gasteiger partial charge in [0.2, 0.25) is 0 Å². The van der Waals surface area contributed by atoms with Gasteiger partial charge in [0.15, 0.2) is 5.17 Å². The van der Waals surface area contributed by atoms with Gasteiger partial charge < -0.3 is 5.32 Å². The summed E-state index contributed by atoms with van der Waals surface area (Å²) in [6.45, 7) is 7.57. The number of thioether (sulfide) groups is 1. The summed E-state index contributed by atoms with van der Waals surface area (Å²) in [4.78, 5) is 4.56. The van der Waals surface area contributed by atoms with Gasteiger partial charge in [-0.3, -0.25) is 4.99 Å². The first-order chi connectivity index (χ1) is 8.56. The third kappa shape index (κ3) is 3.42. The average molecular weight is 283 g/mol. The standard InChI is InChI=1S/C14H19ClN2S/c1-9(2)13-8-16-14(18-13)17-10(3)11-4-6-12(15)7-5-11/h4-7,9-10,13H,8H2,1-3H3,(H,16,17). The lowest BCUT2D eigenvalue weighted by Gasteiger charge is -2.16. The van der Waals surface area contributed by atoms with E-state index in [1.807, 2.05) is 23.9 Å². The highest BCUT2D eigenvalue weighted by Gasteiger charge is 2.23. The van der Waals surface area contributed by atoms with Crippen LogP contribution in [0.2, 0.25) is 5.02 Å². The van der Waals surface area contributed by atoms with Crippen LogP contribution in [0.3, 0.4) is 0 Å². The van der Waals surface area contributed by atoms with Crippen LogP contribution < -0.4 is 5.32 Å². The van der Waals surface area contributed by atoms with Crippen molar-refractivity contribution in [1.82, 2.24) is 5.32 Å². The van der Waals surface area contributed by atoms with E-state index in [0.717, 1.165) is 16.7 Å². The Morgan fingerprint density at radius 1 is 1.28 bits per heavy atom. The highest BCUT2D eigenvalue weighted by Crippen LogP contribution is 2.27. The van der Waals surface area contributed by atoms with E-state index < -0.39 is 0 Å². The zero-order chi connectivity index (χ0) is 13.1.